The molecule has 4 rings (SSSR count). The monoisotopic (exact) mass is 477 g/mol. The third-order valence-electron chi connectivity index (χ3n) is 5.90. The Kier molecular flexibility index (Phi) is 7.35. The van der Waals surface area contributed by atoms with Crippen LogP contribution in [0.2, 0.25) is 5.02 Å². The first-order chi connectivity index (χ1) is 15.4. The number of hydrogen-bond donors (Lipinski definition) is 1. The molecule has 32 heavy (non-hydrogen) atoms. The second-order valence-electron chi connectivity index (χ2n) is 8.22. The topological polar surface area (TPSA) is 79.0 Å². The second kappa shape index (κ2) is 10.2. The highest BCUT2D eigenvalue weighted by molar-refractivity contribution is 7.88. The standard InChI is InChI=1S/C23H28ClN3O4S/c24-20-5-1-3-18(15-20)17-32(29,30)27-10-2-4-19(16-27)23(28)25-21-6-8-22(9-7-21)26-11-13-31-14-12-26/h1,3,5-9,15,19H,2,4,10-14,16-17H2,(H,25,28). The maximum atomic E-state index is 12.9. The molecular weight excluding hydrogens is 450 g/mol. The van der Waals surface area contributed by atoms with Gasteiger partial charge >= 0.3 is 0 Å². The van der Waals surface area contributed by atoms with Crippen molar-refractivity contribution in [2.75, 3.05) is 49.6 Å². The summed E-state index contributed by atoms with van der Waals surface area (Å²) in [6.45, 7) is 3.77. The number of nitrogens with zero attached hydrogens (tertiary/aromatic N) is 2. The van der Waals surface area contributed by atoms with Crippen LogP contribution in [0.4, 0.5) is 11.4 Å². The number of halogens is 1. The van der Waals surface area contributed by atoms with Gasteiger partial charge in [-0.1, -0.05) is 23.7 Å². The van der Waals surface area contributed by atoms with Crippen molar-refractivity contribution in [3.05, 3.63) is 59.1 Å². The Morgan fingerprint density at radius 1 is 1.09 bits per heavy atom. The molecule has 2 heterocycles. The van der Waals surface area contributed by atoms with E-state index >= 15 is 0 Å². The first-order valence-electron chi connectivity index (χ1n) is 10.9. The lowest BCUT2D eigenvalue weighted by atomic mass is 9.98. The number of anilines is 2. The summed E-state index contributed by atoms with van der Waals surface area (Å²) < 4.78 is 32.7. The van der Waals surface area contributed by atoms with Gasteiger partial charge in [0, 0.05) is 42.6 Å². The van der Waals surface area contributed by atoms with Crippen LogP contribution in [-0.4, -0.2) is 58.0 Å². The Morgan fingerprint density at radius 3 is 2.56 bits per heavy atom. The molecule has 2 fully saturated rings. The van der Waals surface area contributed by atoms with E-state index in [0.717, 1.165) is 32.0 Å². The van der Waals surface area contributed by atoms with Gasteiger partial charge in [0.1, 0.15) is 0 Å². The zero-order chi connectivity index (χ0) is 22.6. The summed E-state index contributed by atoms with van der Waals surface area (Å²) in [6.07, 6.45) is 1.32. The largest absolute Gasteiger partial charge is 0.378 e. The molecule has 0 saturated carbocycles. The van der Waals surface area contributed by atoms with Gasteiger partial charge in [0.05, 0.1) is 24.9 Å². The van der Waals surface area contributed by atoms with E-state index in [4.69, 9.17) is 16.3 Å². The van der Waals surface area contributed by atoms with Crippen molar-refractivity contribution >= 4 is 38.9 Å². The van der Waals surface area contributed by atoms with E-state index in [-0.39, 0.29) is 24.1 Å². The van der Waals surface area contributed by atoms with Crippen LogP contribution >= 0.6 is 11.6 Å². The summed E-state index contributed by atoms with van der Waals surface area (Å²) in [5, 5.41) is 3.46. The predicted octanol–water partition coefficient (Wildman–Crippen LogP) is 3.36. The molecule has 0 radical (unpaired) electrons. The molecule has 9 heteroatoms. The van der Waals surface area contributed by atoms with E-state index in [1.54, 1.807) is 24.3 Å². The highest BCUT2D eigenvalue weighted by Gasteiger charge is 2.32. The zero-order valence-electron chi connectivity index (χ0n) is 17.9. The fourth-order valence-electron chi connectivity index (χ4n) is 4.16. The molecule has 1 atom stereocenters. The van der Waals surface area contributed by atoms with E-state index in [2.05, 4.69) is 10.2 Å². The number of ether oxygens (including phenoxy) is 1. The smallest absolute Gasteiger partial charge is 0.228 e. The highest BCUT2D eigenvalue weighted by Crippen LogP contribution is 2.25. The lowest BCUT2D eigenvalue weighted by molar-refractivity contribution is -0.120. The minimum absolute atomic E-state index is 0.120. The summed E-state index contributed by atoms with van der Waals surface area (Å²) in [7, 11) is -3.53. The predicted molar refractivity (Wildman–Crippen MR) is 126 cm³/mol. The van der Waals surface area contributed by atoms with Gasteiger partial charge in [-0.25, -0.2) is 12.7 Å². The number of carbonyl (C=O) groups excluding carboxylic acids is 1. The zero-order valence-corrected chi connectivity index (χ0v) is 19.4. The van der Waals surface area contributed by atoms with Crippen LogP contribution in [0, 0.1) is 5.92 Å². The van der Waals surface area contributed by atoms with Crippen molar-refractivity contribution in [1.82, 2.24) is 4.31 Å². The maximum Gasteiger partial charge on any atom is 0.228 e. The lowest BCUT2D eigenvalue weighted by Gasteiger charge is -2.31. The second-order valence-corrected chi connectivity index (χ2v) is 10.6. The van der Waals surface area contributed by atoms with E-state index in [9.17, 15) is 13.2 Å². The Hall–Kier alpha value is -2.13. The number of piperidine rings is 1. The summed E-state index contributed by atoms with van der Waals surface area (Å²) in [4.78, 5) is 15.1. The summed E-state index contributed by atoms with van der Waals surface area (Å²) in [5.74, 6) is -0.645. The third kappa shape index (κ3) is 5.81. The first kappa shape index (κ1) is 23.0. The average molecular weight is 478 g/mol. The van der Waals surface area contributed by atoms with Crippen molar-refractivity contribution in [1.29, 1.82) is 0 Å². The molecule has 1 N–H and O–H groups in total. The van der Waals surface area contributed by atoms with Crippen molar-refractivity contribution in [2.24, 2.45) is 5.92 Å². The van der Waals surface area contributed by atoms with Crippen LogP contribution in [0.25, 0.3) is 0 Å². The normalized spacial score (nSPS) is 20.2. The van der Waals surface area contributed by atoms with Crippen LogP contribution in [0.15, 0.2) is 48.5 Å². The molecule has 2 aromatic rings. The van der Waals surface area contributed by atoms with Gasteiger partial charge in [-0.15, -0.1) is 0 Å². The first-order valence-corrected chi connectivity index (χ1v) is 12.9. The van der Waals surface area contributed by atoms with Gasteiger partial charge in [-0.3, -0.25) is 4.79 Å². The minimum atomic E-state index is -3.53. The van der Waals surface area contributed by atoms with E-state index in [1.807, 2.05) is 24.3 Å². The number of benzene rings is 2. The summed E-state index contributed by atoms with van der Waals surface area (Å²) >= 11 is 5.99. The number of rotatable bonds is 6. The molecule has 172 valence electrons. The molecule has 1 amide bonds. The van der Waals surface area contributed by atoms with E-state index in [0.29, 0.717) is 35.7 Å². The molecular formula is C23H28ClN3O4S. The van der Waals surface area contributed by atoms with Crippen molar-refractivity contribution < 1.29 is 17.9 Å². The molecule has 1 unspecified atom stereocenters. The highest BCUT2D eigenvalue weighted by atomic mass is 35.5. The summed E-state index contributed by atoms with van der Waals surface area (Å²) in [6, 6.07) is 14.6. The number of sulfonamides is 1. The quantitative estimate of drug-likeness (QED) is 0.690. The van der Waals surface area contributed by atoms with Gasteiger partial charge in [0.15, 0.2) is 0 Å². The van der Waals surface area contributed by atoms with Crippen molar-refractivity contribution in [2.45, 2.75) is 18.6 Å². The van der Waals surface area contributed by atoms with Crippen LogP contribution < -0.4 is 10.2 Å². The Bertz CT molecular complexity index is 1040. The fourth-order valence-corrected chi connectivity index (χ4v) is 5.97. The molecule has 2 aromatic carbocycles. The molecule has 2 aliphatic rings. The average Bonchev–Trinajstić information content (AvgIpc) is 2.80. The van der Waals surface area contributed by atoms with Crippen LogP contribution in [0.5, 0.6) is 0 Å². The van der Waals surface area contributed by atoms with Crippen LogP contribution in [-0.2, 0) is 25.3 Å². The summed E-state index contributed by atoms with van der Waals surface area (Å²) in [5.41, 5.74) is 2.46. The third-order valence-corrected chi connectivity index (χ3v) is 7.95. The Balaban J connectivity index is 1.35. The molecule has 2 saturated heterocycles. The number of carbonyl (C=O) groups is 1. The number of hydrogen-bond acceptors (Lipinski definition) is 5. The van der Waals surface area contributed by atoms with E-state index < -0.39 is 10.0 Å². The van der Waals surface area contributed by atoms with E-state index in [1.165, 1.54) is 4.31 Å². The molecule has 0 aliphatic carbocycles. The molecule has 0 aromatic heterocycles. The van der Waals surface area contributed by atoms with Gasteiger partial charge in [-0.2, -0.15) is 0 Å². The minimum Gasteiger partial charge on any atom is -0.378 e. The number of amides is 1. The van der Waals surface area contributed by atoms with Gasteiger partial charge < -0.3 is 15.0 Å². The van der Waals surface area contributed by atoms with Gasteiger partial charge in [0.25, 0.3) is 0 Å². The van der Waals surface area contributed by atoms with Gasteiger partial charge in [0.2, 0.25) is 15.9 Å². The maximum absolute atomic E-state index is 12.9. The molecule has 0 spiro atoms. The molecule has 2 aliphatic heterocycles. The van der Waals surface area contributed by atoms with Crippen molar-refractivity contribution in [3.63, 3.8) is 0 Å². The van der Waals surface area contributed by atoms with Gasteiger partial charge in [-0.05, 0) is 54.8 Å². The van der Waals surface area contributed by atoms with Crippen LogP contribution in [0.3, 0.4) is 0 Å². The molecule has 0 bridgehead atoms. The molecule has 7 nitrogen and oxygen atoms in total. The Morgan fingerprint density at radius 2 is 1.84 bits per heavy atom. The number of morpholine rings is 1. The fraction of sp³-hybridized carbons (Fsp3) is 0.435. The number of nitrogens with one attached hydrogen (secondary N) is 1. The SMILES string of the molecule is O=C(Nc1ccc(N2CCOCC2)cc1)C1CCCN(S(=O)(=O)Cc2cccc(Cl)c2)C1. The Labute approximate surface area is 194 Å². The lowest BCUT2D eigenvalue weighted by Crippen LogP contribution is -2.44. The van der Waals surface area contributed by atoms with Crippen LogP contribution in [0.1, 0.15) is 18.4 Å². The van der Waals surface area contributed by atoms with Crippen molar-refractivity contribution in [3.8, 4) is 0 Å².